The van der Waals surface area contributed by atoms with E-state index in [0.29, 0.717) is 29.3 Å². The Labute approximate surface area is 196 Å². The van der Waals surface area contributed by atoms with Crippen LogP contribution in [-0.2, 0) is 6.42 Å². The zero-order valence-corrected chi connectivity index (χ0v) is 19.6. The van der Waals surface area contributed by atoms with Crippen LogP contribution in [0.5, 0.6) is 5.75 Å². The van der Waals surface area contributed by atoms with Crippen molar-refractivity contribution in [2.45, 2.75) is 51.6 Å². The van der Waals surface area contributed by atoms with E-state index in [1.807, 2.05) is 49.4 Å². The Kier molecular flexibility index (Phi) is 8.51. The Bertz CT molecular complexity index is 968. The van der Waals surface area contributed by atoms with Crippen LogP contribution in [0, 0.1) is 6.92 Å². The summed E-state index contributed by atoms with van der Waals surface area (Å²) in [6.07, 6.45) is 6.63. The minimum Gasteiger partial charge on any atom is -0.489 e. The van der Waals surface area contributed by atoms with Crippen molar-refractivity contribution in [1.29, 1.82) is 0 Å². The largest absolute Gasteiger partial charge is 0.489 e. The lowest BCUT2D eigenvalue weighted by Gasteiger charge is -2.27. The van der Waals surface area contributed by atoms with Crippen molar-refractivity contribution < 1.29 is 4.74 Å². The fourth-order valence-corrected chi connectivity index (χ4v) is 3.97. The quantitative estimate of drug-likeness (QED) is 0.206. The Morgan fingerprint density at radius 2 is 1.79 bits per heavy atom. The molecule has 0 unspecified atom stereocenters. The summed E-state index contributed by atoms with van der Waals surface area (Å²) < 4.78 is 6.18. The molecule has 33 heavy (non-hydrogen) atoms. The third kappa shape index (κ3) is 6.59. The number of pyridine rings is 1. The maximum absolute atomic E-state index is 6.49. The molecule has 1 aromatic heterocycles. The summed E-state index contributed by atoms with van der Waals surface area (Å²) in [6.45, 7) is 2.14. The van der Waals surface area contributed by atoms with Crippen molar-refractivity contribution in [2.24, 2.45) is 28.4 Å². The van der Waals surface area contributed by atoms with Crippen LogP contribution in [0.3, 0.4) is 0 Å². The summed E-state index contributed by atoms with van der Waals surface area (Å²) in [6, 6.07) is 13.6. The van der Waals surface area contributed by atoms with Crippen molar-refractivity contribution in [3.8, 4) is 5.75 Å². The lowest BCUT2D eigenvalue weighted by Crippen LogP contribution is -2.44. The Balaban J connectivity index is 1.76. The van der Waals surface area contributed by atoms with Crippen molar-refractivity contribution in [3.05, 3.63) is 65.1 Å². The van der Waals surface area contributed by atoms with Gasteiger partial charge in [-0.15, -0.1) is 0 Å². The first-order valence-corrected chi connectivity index (χ1v) is 11.3. The summed E-state index contributed by atoms with van der Waals surface area (Å²) in [5, 5.41) is 6.76. The molecule has 9 nitrogen and oxygen atoms in total. The highest BCUT2D eigenvalue weighted by Gasteiger charge is 2.19. The maximum atomic E-state index is 6.49. The van der Waals surface area contributed by atoms with Crippen molar-refractivity contribution in [2.75, 3.05) is 13.6 Å². The molecule has 178 valence electrons. The van der Waals surface area contributed by atoms with Crippen LogP contribution < -0.4 is 28.0 Å². The van der Waals surface area contributed by atoms with E-state index in [2.05, 4.69) is 10.1 Å². The first kappa shape index (κ1) is 24.3. The molecule has 1 aliphatic rings. The molecule has 1 aromatic carbocycles. The standard InChI is InChI=1S/C24H36N8O/c1-17-22(33-19-11-7-4-8-12-19)14-13-20(29-17)24(25)21(31(2)27)16-32(28)23(30-26)15-18-9-5-3-6-10-18/h3,5-6,9-10,13-14,19H,4,7-8,11-12,15-16,25-28H2,1-2H3/b24-21-,30-23-. The smallest absolute Gasteiger partial charge is 0.143 e. The molecule has 0 bridgehead atoms. The predicted octanol–water partition coefficient (Wildman–Crippen LogP) is 2.22. The van der Waals surface area contributed by atoms with Gasteiger partial charge in [-0.05, 0) is 50.3 Å². The van der Waals surface area contributed by atoms with Crippen molar-refractivity contribution in [1.82, 2.24) is 15.0 Å². The molecule has 0 spiro atoms. The SMILES string of the molecule is Cc1nc(/C(N)=C(\CN(N)/C(Cc2ccccc2)=N\N)N(C)N)ccc1OC1CCCCC1. The van der Waals surface area contributed by atoms with Crippen molar-refractivity contribution in [3.63, 3.8) is 0 Å². The molecule has 9 heteroatoms. The van der Waals surface area contributed by atoms with E-state index in [9.17, 15) is 0 Å². The topological polar surface area (TPSA) is 145 Å². The lowest BCUT2D eigenvalue weighted by atomic mass is 9.98. The van der Waals surface area contributed by atoms with Gasteiger partial charge in [-0.3, -0.25) is 5.01 Å². The van der Waals surface area contributed by atoms with Crippen LogP contribution in [0.15, 0.2) is 53.3 Å². The molecule has 2 aromatic rings. The molecule has 3 rings (SSSR count). The average molecular weight is 453 g/mol. The summed E-state index contributed by atoms with van der Waals surface area (Å²) in [5.41, 5.74) is 9.96. The van der Waals surface area contributed by atoms with E-state index < -0.39 is 0 Å². The minimum absolute atomic E-state index is 0.211. The van der Waals surface area contributed by atoms with Gasteiger partial charge in [-0.2, -0.15) is 5.10 Å². The first-order chi connectivity index (χ1) is 15.9. The molecule has 0 saturated heterocycles. The van der Waals surface area contributed by atoms with Crippen LogP contribution in [0.2, 0.25) is 0 Å². The van der Waals surface area contributed by atoms with Gasteiger partial charge in [0.1, 0.15) is 11.6 Å². The highest BCUT2D eigenvalue weighted by molar-refractivity contribution is 5.84. The van der Waals surface area contributed by atoms with Crippen LogP contribution in [-0.4, -0.2) is 40.5 Å². The van der Waals surface area contributed by atoms with Crippen molar-refractivity contribution >= 4 is 11.5 Å². The maximum Gasteiger partial charge on any atom is 0.143 e. The summed E-state index contributed by atoms with van der Waals surface area (Å²) in [7, 11) is 1.71. The van der Waals surface area contributed by atoms with Gasteiger partial charge in [-0.1, -0.05) is 36.8 Å². The molecule has 0 aliphatic heterocycles. The van der Waals surface area contributed by atoms with E-state index in [4.69, 9.17) is 28.0 Å². The van der Waals surface area contributed by atoms with Crippen LogP contribution in [0.1, 0.15) is 49.1 Å². The number of nitrogens with zero attached hydrogens (tertiary/aromatic N) is 4. The average Bonchev–Trinajstić information content (AvgIpc) is 2.82. The molecular weight excluding hydrogens is 416 g/mol. The minimum atomic E-state index is 0.211. The number of aromatic nitrogens is 1. The van der Waals surface area contributed by atoms with Gasteiger partial charge in [0.25, 0.3) is 0 Å². The summed E-state index contributed by atoms with van der Waals surface area (Å²) in [4.78, 5) is 4.68. The number of likely N-dealkylation sites (N-methyl/N-ethyl adjacent to an activating group) is 1. The van der Waals surface area contributed by atoms with E-state index >= 15 is 0 Å². The van der Waals surface area contributed by atoms with Gasteiger partial charge in [-0.25, -0.2) is 16.7 Å². The van der Waals surface area contributed by atoms with Gasteiger partial charge in [0.15, 0.2) is 0 Å². The number of benzene rings is 1. The Morgan fingerprint density at radius 1 is 1.09 bits per heavy atom. The third-order valence-electron chi connectivity index (χ3n) is 5.90. The fraction of sp³-hybridized carbons (Fsp3) is 0.417. The molecule has 1 fully saturated rings. The zero-order valence-electron chi connectivity index (χ0n) is 19.6. The number of hydrazine groups is 2. The van der Waals surface area contributed by atoms with E-state index in [1.165, 1.54) is 29.3 Å². The Morgan fingerprint density at radius 3 is 2.39 bits per heavy atom. The number of ether oxygens (including phenoxy) is 1. The number of hydrogen-bond donors (Lipinski definition) is 4. The second kappa shape index (κ2) is 11.5. The molecule has 0 atom stereocenters. The van der Waals surface area contributed by atoms with Gasteiger partial charge in [0.05, 0.1) is 35.4 Å². The van der Waals surface area contributed by atoms with Crippen LogP contribution >= 0.6 is 0 Å². The molecule has 1 heterocycles. The van der Waals surface area contributed by atoms with E-state index in [1.54, 1.807) is 7.05 Å². The number of rotatable bonds is 8. The molecular formula is C24H36N8O. The second-order valence-corrected chi connectivity index (χ2v) is 8.46. The fourth-order valence-electron chi connectivity index (χ4n) is 3.97. The van der Waals surface area contributed by atoms with Gasteiger partial charge in [0.2, 0.25) is 0 Å². The number of amidine groups is 1. The molecule has 1 aliphatic carbocycles. The van der Waals surface area contributed by atoms with Crippen LogP contribution in [0.25, 0.3) is 5.70 Å². The number of aryl methyl sites for hydroxylation is 1. The normalized spacial score (nSPS) is 15.7. The molecule has 0 radical (unpaired) electrons. The summed E-state index contributed by atoms with van der Waals surface area (Å²) in [5.74, 6) is 19.3. The second-order valence-electron chi connectivity index (χ2n) is 8.46. The predicted molar refractivity (Wildman–Crippen MR) is 132 cm³/mol. The van der Waals surface area contributed by atoms with Crippen LogP contribution in [0.4, 0.5) is 0 Å². The number of hydrogen-bond acceptors (Lipinski definition) is 8. The van der Waals surface area contributed by atoms with Gasteiger partial charge < -0.3 is 21.3 Å². The lowest BCUT2D eigenvalue weighted by molar-refractivity contribution is 0.153. The molecule has 1 saturated carbocycles. The highest BCUT2D eigenvalue weighted by atomic mass is 16.5. The summed E-state index contributed by atoms with van der Waals surface area (Å²) >= 11 is 0. The number of nitrogens with two attached hydrogens (primary N) is 4. The van der Waals surface area contributed by atoms with E-state index in [0.717, 1.165) is 29.8 Å². The Hall–Kier alpha value is -3.30. The molecule has 0 amide bonds. The third-order valence-corrected chi connectivity index (χ3v) is 5.90. The molecule has 8 N–H and O–H groups in total. The van der Waals surface area contributed by atoms with Gasteiger partial charge in [0, 0.05) is 13.5 Å². The number of hydrazone groups is 1. The van der Waals surface area contributed by atoms with Gasteiger partial charge >= 0.3 is 0 Å². The zero-order chi connectivity index (χ0) is 23.8. The highest BCUT2D eigenvalue weighted by Crippen LogP contribution is 2.26. The monoisotopic (exact) mass is 452 g/mol. The van der Waals surface area contributed by atoms with E-state index in [-0.39, 0.29) is 12.6 Å². The first-order valence-electron chi connectivity index (χ1n) is 11.3.